The van der Waals surface area contributed by atoms with Gasteiger partial charge in [-0.05, 0) is 20.8 Å². The SMILES string of the molecule is C/C=C\C=C/C.C=C/C=C\C=C(\C)C=C.CC.CC. The Balaban J connectivity index is -0.0000000977. The summed E-state index contributed by atoms with van der Waals surface area (Å²) in [4.78, 5) is 0. The third-order valence-corrected chi connectivity index (χ3v) is 1.42. The molecule has 0 atom stereocenters. The molecule has 0 heteroatoms. The molecule has 0 aliphatic rings. The molecule has 0 amide bonds. The molecule has 0 radical (unpaired) electrons. The zero-order chi connectivity index (χ0) is 15.9. The lowest BCUT2D eigenvalue weighted by Crippen LogP contribution is -1.60. The molecule has 0 unspecified atom stereocenters. The van der Waals surface area contributed by atoms with E-state index in [1.807, 2.05) is 97.1 Å². The van der Waals surface area contributed by atoms with Gasteiger partial charge in [-0.2, -0.15) is 0 Å². The molecule has 0 nitrogen and oxygen atoms in total. The van der Waals surface area contributed by atoms with Gasteiger partial charge in [0.15, 0.2) is 0 Å². The van der Waals surface area contributed by atoms with Gasteiger partial charge in [-0.25, -0.2) is 0 Å². The first-order chi connectivity index (χ1) is 9.22. The molecule has 0 saturated carbocycles. The topological polar surface area (TPSA) is 0 Å². The third kappa shape index (κ3) is 48.1. The summed E-state index contributed by atoms with van der Waals surface area (Å²) in [5, 5.41) is 0. The molecule has 0 heterocycles. The van der Waals surface area contributed by atoms with Crippen LogP contribution in [-0.4, -0.2) is 0 Å². The molecular weight excluding hydrogens is 228 g/mol. The van der Waals surface area contributed by atoms with Crippen molar-refractivity contribution >= 4 is 0 Å². The van der Waals surface area contributed by atoms with Crippen LogP contribution >= 0.6 is 0 Å². The maximum absolute atomic E-state index is 3.61. The predicted octanol–water partition coefficient (Wildman–Crippen LogP) is 7.05. The summed E-state index contributed by atoms with van der Waals surface area (Å²) in [6.45, 7) is 21.2. The summed E-state index contributed by atoms with van der Waals surface area (Å²) in [5.41, 5.74) is 1.16. The number of allylic oxidation sites excluding steroid dienone is 10. The first kappa shape index (κ1) is 26.1. The average Bonchev–Trinajstić information content (AvgIpc) is 2.50. The fraction of sp³-hybridized carbons (Fsp3) is 0.368. The highest BCUT2D eigenvalue weighted by Gasteiger charge is 1.70. The van der Waals surface area contributed by atoms with Crippen LogP contribution in [0, 0.1) is 0 Å². The largest absolute Gasteiger partial charge is 0.0991 e. The van der Waals surface area contributed by atoms with Crippen LogP contribution in [-0.2, 0) is 0 Å². The highest BCUT2D eigenvalue weighted by atomic mass is 13.8. The van der Waals surface area contributed by atoms with Gasteiger partial charge in [-0.15, -0.1) is 0 Å². The van der Waals surface area contributed by atoms with Gasteiger partial charge in [0.1, 0.15) is 0 Å². The lowest BCUT2D eigenvalue weighted by molar-refractivity contribution is 1.50. The molecule has 0 aromatic heterocycles. The Morgan fingerprint density at radius 3 is 1.42 bits per heavy atom. The van der Waals surface area contributed by atoms with Crippen LogP contribution in [0.2, 0.25) is 0 Å². The minimum absolute atomic E-state index is 1.16. The van der Waals surface area contributed by atoms with Crippen LogP contribution in [0.3, 0.4) is 0 Å². The standard InChI is InChI=1S/C9H12.C6H10.2C2H6/c1-4-6-7-8-9(3)5-2;1-3-5-6-4-2;2*1-2/h4-8H,1-2H2,3H3;3-6H,1-2H3;2*1-2H3/b7-6-,9-8-;5-3-,6-4-;;. The summed E-state index contributed by atoms with van der Waals surface area (Å²) >= 11 is 0. The second-order valence-electron chi connectivity index (χ2n) is 2.79. The molecule has 0 aliphatic heterocycles. The molecule has 0 bridgehead atoms. The summed E-state index contributed by atoms with van der Waals surface area (Å²) in [7, 11) is 0. The Bertz CT molecular complexity index is 250. The second-order valence-corrected chi connectivity index (χ2v) is 2.79. The van der Waals surface area contributed by atoms with Crippen molar-refractivity contribution in [1.82, 2.24) is 0 Å². The summed E-state index contributed by atoms with van der Waals surface area (Å²) in [6, 6.07) is 0. The van der Waals surface area contributed by atoms with Gasteiger partial charge >= 0.3 is 0 Å². The quantitative estimate of drug-likeness (QED) is 0.476. The van der Waals surface area contributed by atoms with Crippen molar-refractivity contribution in [3.63, 3.8) is 0 Å². The Hall–Kier alpha value is -1.56. The van der Waals surface area contributed by atoms with Crippen molar-refractivity contribution in [2.45, 2.75) is 48.5 Å². The van der Waals surface area contributed by atoms with Crippen LogP contribution in [0.15, 0.2) is 73.4 Å². The Labute approximate surface area is 122 Å². The lowest BCUT2D eigenvalue weighted by atomic mass is 10.3. The van der Waals surface area contributed by atoms with Crippen LogP contribution in [0.5, 0.6) is 0 Å². The molecule has 0 aromatic carbocycles. The summed E-state index contributed by atoms with van der Waals surface area (Å²) < 4.78 is 0. The Morgan fingerprint density at radius 1 is 0.737 bits per heavy atom. The molecule has 0 rings (SSSR count). The Kier molecular flexibility index (Phi) is 49.4. The molecule has 0 aromatic rings. The van der Waals surface area contributed by atoms with E-state index in [1.54, 1.807) is 6.08 Å². The fourth-order valence-electron chi connectivity index (χ4n) is 0.576. The normalized spacial score (nSPS) is 9.95. The van der Waals surface area contributed by atoms with Gasteiger partial charge in [-0.1, -0.05) is 101 Å². The van der Waals surface area contributed by atoms with Crippen molar-refractivity contribution in [2.75, 3.05) is 0 Å². The third-order valence-electron chi connectivity index (χ3n) is 1.42. The molecule has 0 spiro atoms. The lowest BCUT2D eigenvalue weighted by Gasteiger charge is -1.81. The summed E-state index contributed by atoms with van der Waals surface area (Å²) in [6.07, 6.45) is 17.4. The molecular formula is C19H34. The van der Waals surface area contributed by atoms with Crippen LogP contribution < -0.4 is 0 Å². The zero-order valence-corrected chi connectivity index (χ0v) is 14.1. The van der Waals surface area contributed by atoms with E-state index in [2.05, 4.69) is 13.2 Å². The monoisotopic (exact) mass is 262 g/mol. The van der Waals surface area contributed by atoms with Crippen LogP contribution in [0.4, 0.5) is 0 Å². The molecule has 110 valence electrons. The molecule has 0 N–H and O–H groups in total. The van der Waals surface area contributed by atoms with Gasteiger partial charge < -0.3 is 0 Å². The Morgan fingerprint density at radius 2 is 1.16 bits per heavy atom. The van der Waals surface area contributed by atoms with Gasteiger partial charge in [0, 0.05) is 0 Å². The highest BCUT2D eigenvalue weighted by Crippen LogP contribution is 1.92. The first-order valence-corrected chi connectivity index (χ1v) is 7.05. The average molecular weight is 262 g/mol. The smallest absolute Gasteiger partial charge is 0.0398 e. The van der Waals surface area contributed by atoms with E-state index in [9.17, 15) is 0 Å². The van der Waals surface area contributed by atoms with Crippen molar-refractivity contribution in [1.29, 1.82) is 0 Å². The zero-order valence-electron chi connectivity index (χ0n) is 14.1. The van der Waals surface area contributed by atoms with Crippen molar-refractivity contribution in [3.05, 3.63) is 73.4 Å². The van der Waals surface area contributed by atoms with Crippen molar-refractivity contribution in [3.8, 4) is 0 Å². The number of rotatable bonds is 4. The number of hydrogen-bond donors (Lipinski definition) is 0. The van der Waals surface area contributed by atoms with Crippen LogP contribution in [0.1, 0.15) is 48.5 Å². The molecule has 0 fully saturated rings. The van der Waals surface area contributed by atoms with Gasteiger partial charge in [0.05, 0.1) is 0 Å². The minimum Gasteiger partial charge on any atom is -0.0991 e. The fourth-order valence-corrected chi connectivity index (χ4v) is 0.576. The molecule has 0 saturated heterocycles. The molecule has 0 aliphatic carbocycles. The van der Waals surface area contributed by atoms with Crippen LogP contribution in [0.25, 0.3) is 0 Å². The van der Waals surface area contributed by atoms with E-state index in [0.717, 1.165) is 5.57 Å². The van der Waals surface area contributed by atoms with Crippen molar-refractivity contribution in [2.24, 2.45) is 0 Å². The second kappa shape index (κ2) is 36.0. The van der Waals surface area contributed by atoms with Crippen molar-refractivity contribution < 1.29 is 0 Å². The van der Waals surface area contributed by atoms with E-state index < -0.39 is 0 Å². The summed E-state index contributed by atoms with van der Waals surface area (Å²) in [5.74, 6) is 0. The maximum Gasteiger partial charge on any atom is -0.0398 e. The van der Waals surface area contributed by atoms with E-state index in [0.29, 0.717) is 0 Å². The van der Waals surface area contributed by atoms with Gasteiger partial charge in [0.2, 0.25) is 0 Å². The first-order valence-electron chi connectivity index (χ1n) is 7.05. The van der Waals surface area contributed by atoms with E-state index >= 15 is 0 Å². The molecule has 19 heavy (non-hydrogen) atoms. The van der Waals surface area contributed by atoms with E-state index in [4.69, 9.17) is 0 Å². The van der Waals surface area contributed by atoms with E-state index in [-0.39, 0.29) is 0 Å². The number of hydrogen-bond acceptors (Lipinski definition) is 0. The predicted molar refractivity (Wildman–Crippen MR) is 95.6 cm³/mol. The minimum atomic E-state index is 1.16. The van der Waals surface area contributed by atoms with Gasteiger partial charge in [0.25, 0.3) is 0 Å². The van der Waals surface area contributed by atoms with Gasteiger partial charge in [-0.3, -0.25) is 0 Å². The van der Waals surface area contributed by atoms with E-state index in [1.165, 1.54) is 0 Å². The highest BCUT2D eigenvalue weighted by molar-refractivity contribution is 5.21. The maximum atomic E-state index is 3.61.